The number of nitrogens with zero attached hydrogens (tertiary/aromatic N) is 2. The van der Waals surface area contributed by atoms with E-state index in [-0.39, 0.29) is 20.1 Å². The SMILES string of the molecule is [Ir].[c-]1ccc(N(c2ccccc2)c2ccc3ccccc3c2)cc1-c1ccccn1. The van der Waals surface area contributed by atoms with Gasteiger partial charge in [-0.1, -0.05) is 60.7 Å². The van der Waals surface area contributed by atoms with E-state index < -0.39 is 0 Å². The number of aromatic nitrogens is 1. The first-order valence-corrected chi connectivity index (χ1v) is 9.66. The number of hydrogen-bond acceptors (Lipinski definition) is 2. The van der Waals surface area contributed by atoms with E-state index in [1.165, 1.54) is 10.8 Å². The smallest absolute Gasteiger partial charge is 0.0450 e. The van der Waals surface area contributed by atoms with Gasteiger partial charge in [0.2, 0.25) is 0 Å². The Morgan fingerprint density at radius 1 is 0.600 bits per heavy atom. The standard InChI is InChI=1S/C27H19N2.Ir/c1-2-12-24(13-3-1)29(26-17-16-21-9-4-5-10-22(21)19-26)25-14-8-11-23(20-25)27-15-6-7-18-28-27;/h1-10,12-20H;/q-1;. The van der Waals surface area contributed by atoms with E-state index in [0.29, 0.717) is 0 Å². The van der Waals surface area contributed by atoms with Gasteiger partial charge in [0.15, 0.2) is 0 Å². The van der Waals surface area contributed by atoms with Gasteiger partial charge in [0.1, 0.15) is 0 Å². The molecule has 1 aromatic heterocycles. The average molecular weight is 564 g/mol. The van der Waals surface area contributed by atoms with Crippen LogP contribution in [-0.2, 0) is 20.1 Å². The Hall–Kier alpha value is -3.26. The number of hydrogen-bond donors (Lipinski definition) is 0. The molecule has 4 aromatic carbocycles. The van der Waals surface area contributed by atoms with Gasteiger partial charge in [-0.3, -0.25) is 0 Å². The molecule has 0 N–H and O–H groups in total. The molecule has 0 aliphatic rings. The maximum absolute atomic E-state index is 4.49. The van der Waals surface area contributed by atoms with Crippen molar-refractivity contribution < 1.29 is 20.1 Å². The summed E-state index contributed by atoms with van der Waals surface area (Å²) in [7, 11) is 0. The molecule has 5 rings (SSSR count). The number of fused-ring (bicyclic) bond motifs is 1. The van der Waals surface area contributed by atoms with Crippen LogP contribution in [0.25, 0.3) is 22.0 Å². The molecule has 0 aliphatic carbocycles. The van der Waals surface area contributed by atoms with Crippen LogP contribution in [0.3, 0.4) is 0 Å². The van der Waals surface area contributed by atoms with Crippen LogP contribution >= 0.6 is 0 Å². The summed E-state index contributed by atoms with van der Waals surface area (Å²) >= 11 is 0. The van der Waals surface area contributed by atoms with Gasteiger partial charge in [-0.2, -0.15) is 0 Å². The Bertz CT molecular complexity index is 1250. The average Bonchev–Trinajstić information content (AvgIpc) is 2.81. The third kappa shape index (κ3) is 4.04. The third-order valence-electron chi connectivity index (χ3n) is 4.99. The van der Waals surface area contributed by atoms with Crippen molar-refractivity contribution in [3.63, 3.8) is 0 Å². The van der Waals surface area contributed by atoms with Crippen LogP contribution < -0.4 is 4.90 Å². The van der Waals surface area contributed by atoms with Crippen molar-refractivity contribution in [3.05, 3.63) is 121 Å². The zero-order valence-electron chi connectivity index (χ0n) is 16.2. The van der Waals surface area contributed by atoms with Crippen LogP contribution in [0.5, 0.6) is 0 Å². The summed E-state index contributed by atoms with van der Waals surface area (Å²) < 4.78 is 0. The molecule has 0 unspecified atom stereocenters. The van der Waals surface area contributed by atoms with Crippen molar-refractivity contribution in [3.8, 4) is 11.3 Å². The summed E-state index contributed by atoms with van der Waals surface area (Å²) in [6, 6.07) is 40.9. The van der Waals surface area contributed by atoms with Crippen LogP contribution in [0.4, 0.5) is 17.1 Å². The minimum atomic E-state index is 0. The minimum absolute atomic E-state index is 0. The fourth-order valence-electron chi connectivity index (χ4n) is 3.60. The van der Waals surface area contributed by atoms with Gasteiger partial charge in [-0.05, 0) is 52.5 Å². The van der Waals surface area contributed by atoms with Crippen molar-refractivity contribution in [2.45, 2.75) is 0 Å². The van der Waals surface area contributed by atoms with Crippen molar-refractivity contribution >= 4 is 27.8 Å². The summed E-state index contributed by atoms with van der Waals surface area (Å²) in [6.07, 6.45) is 1.81. The summed E-state index contributed by atoms with van der Waals surface area (Å²) in [5.74, 6) is 0. The van der Waals surface area contributed by atoms with E-state index in [4.69, 9.17) is 0 Å². The van der Waals surface area contributed by atoms with Gasteiger partial charge in [-0.15, -0.1) is 29.8 Å². The van der Waals surface area contributed by atoms with E-state index in [1.807, 2.05) is 36.5 Å². The molecule has 1 radical (unpaired) electrons. The monoisotopic (exact) mass is 564 g/mol. The summed E-state index contributed by atoms with van der Waals surface area (Å²) in [4.78, 5) is 6.76. The molecular weight excluding hydrogens is 545 g/mol. The van der Waals surface area contributed by atoms with Crippen molar-refractivity contribution in [2.75, 3.05) is 4.90 Å². The third-order valence-corrected chi connectivity index (χ3v) is 4.99. The van der Waals surface area contributed by atoms with E-state index in [0.717, 1.165) is 28.3 Å². The largest absolute Gasteiger partial charge is 0.328 e. The molecule has 30 heavy (non-hydrogen) atoms. The summed E-state index contributed by atoms with van der Waals surface area (Å²) in [5, 5.41) is 2.46. The fourth-order valence-corrected chi connectivity index (χ4v) is 3.60. The molecular formula is C27H19IrN2-. The Morgan fingerprint density at radius 2 is 1.33 bits per heavy atom. The second kappa shape index (κ2) is 9.04. The van der Waals surface area contributed by atoms with E-state index >= 15 is 0 Å². The van der Waals surface area contributed by atoms with Crippen LogP contribution in [-0.4, -0.2) is 4.98 Å². The van der Waals surface area contributed by atoms with Crippen LogP contribution in [0, 0.1) is 6.07 Å². The molecule has 0 spiro atoms. The molecule has 2 nitrogen and oxygen atoms in total. The molecule has 5 aromatic rings. The molecule has 0 bridgehead atoms. The number of pyridine rings is 1. The van der Waals surface area contributed by atoms with E-state index in [9.17, 15) is 0 Å². The first-order chi connectivity index (χ1) is 14.4. The predicted octanol–water partition coefficient (Wildman–Crippen LogP) is 7.17. The predicted molar refractivity (Wildman–Crippen MR) is 121 cm³/mol. The van der Waals surface area contributed by atoms with Gasteiger partial charge in [0.05, 0.1) is 0 Å². The molecule has 147 valence electrons. The van der Waals surface area contributed by atoms with Crippen molar-refractivity contribution in [1.82, 2.24) is 4.98 Å². The first-order valence-electron chi connectivity index (χ1n) is 9.66. The van der Waals surface area contributed by atoms with Gasteiger partial charge >= 0.3 is 0 Å². The molecule has 0 aliphatic heterocycles. The zero-order chi connectivity index (χ0) is 19.5. The number of benzene rings is 4. The normalized spacial score (nSPS) is 10.4. The molecule has 0 saturated carbocycles. The second-order valence-corrected chi connectivity index (χ2v) is 6.88. The van der Waals surface area contributed by atoms with Crippen LogP contribution in [0.1, 0.15) is 0 Å². The van der Waals surface area contributed by atoms with Gasteiger partial charge in [0, 0.05) is 37.7 Å². The van der Waals surface area contributed by atoms with Crippen LogP contribution in [0.15, 0.2) is 115 Å². The Labute approximate surface area is 190 Å². The molecule has 0 amide bonds. The van der Waals surface area contributed by atoms with Gasteiger partial charge in [0.25, 0.3) is 0 Å². The zero-order valence-corrected chi connectivity index (χ0v) is 18.6. The van der Waals surface area contributed by atoms with Gasteiger partial charge < -0.3 is 9.88 Å². The summed E-state index contributed by atoms with van der Waals surface area (Å²) in [6.45, 7) is 0. The summed E-state index contributed by atoms with van der Waals surface area (Å²) in [5.41, 5.74) is 5.20. The molecule has 0 saturated heterocycles. The van der Waals surface area contributed by atoms with E-state index in [1.54, 1.807) is 0 Å². The topological polar surface area (TPSA) is 16.1 Å². The number of para-hydroxylation sites is 1. The Balaban J connectivity index is 0.00000218. The maximum atomic E-state index is 4.49. The van der Waals surface area contributed by atoms with Crippen LogP contribution in [0.2, 0.25) is 0 Å². The molecule has 0 fully saturated rings. The molecule has 3 heteroatoms. The van der Waals surface area contributed by atoms with E-state index in [2.05, 4.69) is 94.8 Å². The van der Waals surface area contributed by atoms with Gasteiger partial charge in [-0.25, -0.2) is 0 Å². The quantitative estimate of drug-likeness (QED) is 0.216. The van der Waals surface area contributed by atoms with Crippen molar-refractivity contribution in [1.29, 1.82) is 0 Å². The maximum Gasteiger partial charge on any atom is 0.0450 e. The fraction of sp³-hybridized carbons (Fsp3) is 0. The minimum Gasteiger partial charge on any atom is -0.328 e. The Kier molecular flexibility index (Phi) is 6.04. The first kappa shape index (κ1) is 20.0. The van der Waals surface area contributed by atoms with Crippen molar-refractivity contribution in [2.24, 2.45) is 0 Å². The number of rotatable bonds is 4. The molecule has 0 atom stereocenters. The Morgan fingerprint density at radius 3 is 2.13 bits per heavy atom. The molecule has 1 heterocycles. The number of anilines is 3. The second-order valence-electron chi connectivity index (χ2n) is 6.88.